The smallest absolute Gasteiger partial charge is 0.326 e. The van der Waals surface area contributed by atoms with E-state index >= 15 is 0 Å². The Balaban J connectivity index is 4.18. The van der Waals surface area contributed by atoms with E-state index in [4.69, 9.17) is 10.2 Å². The number of carboxylic acid groups (broad SMARTS) is 1. The monoisotopic (exact) mass is 260 g/mol. The highest BCUT2D eigenvalue weighted by Crippen LogP contribution is 2.11. The van der Waals surface area contributed by atoms with Gasteiger partial charge in [-0.1, -0.05) is 20.8 Å². The van der Waals surface area contributed by atoms with E-state index in [1.807, 2.05) is 0 Å². The van der Waals surface area contributed by atoms with Gasteiger partial charge in [0.25, 0.3) is 0 Å². The molecule has 0 aromatic rings. The molecule has 2 amide bonds. The van der Waals surface area contributed by atoms with Crippen molar-refractivity contribution in [1.82, 2.24) is 10.6 Å². The standard InChI is InChI=1S/C11H20N2O5/c1-11(2,3)10(18)12-6-8(15)13-7(4-5-14)9(16)17/h7,14H,4-6H2,1-3H3,(H,12,18)(H,13,15)(H,16,17)/t7-/m0/s1. The maximum Gasteiger partial charge on any atom is 0.326 e. The number of aliphatic carboxylic acids is 1. The molecule has 0 aromatic heterocycles. The summed E-state index contributed by atoms with van der Waals surface area (Å²) in [5, 5.41) is 22.0. The van der Waals surface area contributed by atoms with Gasteiger partial charge in [0.15, 0.2) is 0 Å². The maximum atomic E-state index is 11.5. The number of carbonyl (C=O) groups is 3. The lowest BCUT2D eigenvalue weighted by molar-refractivity contribution is -0.142. The first-order valence-corrected chi connectivity index (χ1v) is 5.59. The zero-order valence-electron chi connectivity index (χ0n) is 10.8. The Kier molecular flexibility index (Phi) is 6.32. The summed E-state index contributed by atoms with van der Waals surface area (Å²) in [6.07, 6.45) is -0.0751. The lowest BCUT2D eigenvalue weighted by atomic mass is 9.96. The van der Waals surface area contributed by atoms with Crippen LogP contribution in [-0.4, -0.2) is 47.2 Å². The van der Waals surface area contributed by atoms with Crippen LogP contribution >= 0.6 is 0 Å². The lowest BCUT2D eigenvalue weighted by Gasteiger charge is -2.18. The average Bonchev–Trinajstić information content (AvgIpc) is 2.23. The number of aliphatic hydroxyl groups is 1. The van der Waals surface area contributed by atoms with Crippen molar-refractivity contribution >= 4 is 17.8 Å². The van der Waals surface area contributed by atoms with Gasteiger partial charge in [0.2, 0.25) is 11.8 Å². The number of hydrogen-bond donors (Lipinski definition) is 4. The number of carbonyl (C=O) groups excluding carboxylic acids is 2. The van der Waals surface area contributed by atoms with Crippen molar-refractivity contribution in [2.24, 2.45) is 5.41 Å². The fourth-order valence-electron chi connectivity index (χ4n) is 1.06. The van der Waals surface area contributed by atoms with Crippen molar-refractivity contribution in [2.45, 2.75) is 33.2 Å². The molecule has 0 saturated carbocycles. The van der Waals surface area contributed by atoms with E-state index in [0.717, 1.165) is 0 Å². The van der Waals surface area contributed by atoms with Gasteiger partial charge in [0.1, 0.15) is 6.04 Å². The molecule has 0 aromatic carbocycles. The van der Waals surface area contributed by atoms with Gasteiger partial charge in [0, 0.05) is 18.4 Å². The van der Waals surface area contributed by atoms with Gasteiger partial charge in [-0.2, -0.15) is 0 Å². The molecule has 0 aliphatic carbocycles. The molecule has 0 aliphatic heterocycles. The summed E-state index contributed by atoms with van der Waals surface area (Å²) >= 11 is 0. The molecule has 7 heteroatoms. The molecule has 0 fully saturated rings. The highest BCUT2D eigenvalue weighted by Gasteiger charge is 2.23. The molecule has 0 unspecified atom stereocenters. The minimum absolute atomic E-state index is 0.0751. The summed E-state index contributed by atoms with van der Waals surface area (Å²) in [6, 6.07) is -1.14. The molecule has 104 valence electrons. The van der Waals surface area contributed by atoms with Crippen LogP contribution in [0.3, 0.4) is 0 Å². The van der Waals surface area contributed by atoms with Crippen LogP contribution in [0.4, 0.5) is 0 Å². The molecule has 18 heavy (non-hydrogen) atoms. The average molecular weight is 260 g/mol. The molecule has 0 spiro atoms. The van der Waals surface area contributed by atoms with E-state index in [1.54, 1.807) is 20.8 Å². The first-order valence-electron chi connectivity index (χ1n) is 5.59. The van der Waals surface area contributed by atoms with Crippen LogP contribution in [0.1, 0.15) is 27.2 Å². The van der Waals surface area contributed by atoms with Crippen molar-refractivity contribution in [1.29, 1.82) is 0 Å². The molecule has 1 atom stereocenters. The van der Waals surface area contributed by atoms with Crippen LogP contribution in [0.25, 0.3) is 0 Å². The fourth-order valence-corrected chi connectivity index (χ4v) is 1.06. The summed E-state index contributed by atoms with van der Waals surface area (Å²) in [6.45, 7) is 4.47. The van der Waals surface area contributed by atoms with E-state index in [-0.39, 0.29) is 25.5 Å². The normalized spacial score (nSPS) is 12.7. The first kappa shape index (κ1) is 16.4. The van der Waals surface area contributed by atoms with Crippen LogP contribution in [-0.2, 0) is 14.4 Å². The van der Waals surface area contributed by atoms with Crippen molar-refractivity contribution in [3.63, 3.8) is 0 Å². The minimum Gasteiger partial charge on any atom is -0.480 e. The van der Waals surface area contributed by atoms with Crippen LogP contribution in [0.2, 0.25) is 0 Å². The lowest BCUT2D eigenvalue weighted by Crippen LogP contribution is -2.47. The van der Waals surface area contributed by atoms with Crippen LogP contribution < -0.4 is 10.6 Å². The molecule has 0 heterocycles. The summed E-state index contributed by atoms with van der Waals surface area (Å²) < 4.78 is 0. The Morgan fingerprint density at radius 2 is 1.78 bits per heavy atom. The van der Waals surface area contributed by atoms with Crippen LogP contribution in [0, 0.1) is 5.41 Å². The van der Waals surface area contributed by atoms with Gasteiger partial charge in [-0.3, -0.25) is 9.59 Å². The van der Waals surface area contributed by atoms with Gasteiger partial charge in [-0.25, -0.2) is 4.79 Å². The molecule has 0 bridgehead atoms. The quantitative estimate of drug-likeness (QED) is 0.494. The van der Waals surface area contributed by atoms with E-state index in [2.05, 4.69) is 10.6 Å². The van der Waals surface area contributed by atoms with Crippen LogP contribution in [0.15, 0.2) is 0 Å². The third kappa shape index (κ3) is 6.19. The first-order chi connectivity index (χ1) is 8.18. The van der Waals surface area contributed by atoms with E-state index in [0.29, 0.717) is 0 Å². The number of amides is 2. The van der Waals surface area contributed by atoms with Crippen molar-refractivity contribution in [3.8, 4) is 0 Å². The van der Waals surface area contributed by atoms with E-state index < -0.39 is 23.3 Å². The van der Waals surface area contributed by atoms with E-state index in [1.165, 1.54) is 0 Å². The highest BCUT2D eigenvalue weighted by molar-refractivity contribution is 5.89. The maximum absolute atomic E-state index is 11.5. The Labute approximate surface area is 106 Å². The van der Waals surface area contributed by atoms with Crippen molar-refractivity contribution < 1.29 is 24.6 Å². The Hall–Kier alpha value is -1.63. The van der Waals surface area contributed by atoms with E-state index in [9.17, 15) is 14.4 Å². The molecular formula is C11H20N2O5. The summed E-state index contributed by atoms with van der Waals surface area (Å²) in [7, 11) is 0. The zero-order valence-corrected chi connectivity index (χ0v) is 10.8. The van der Waals surface area contributed by atoms with Gasteiger partial charge in [-0.15, -0.1) is 0 Å². The fraction of sp³-hybridized carbons (Fsp3) is 0.727. The zero-order chi connectivity index (χ0) is 14.3. The minimum atomic E-state index is -1.22. The van der Waals surface area contributed by atoms with Crippen molar-refractivity contribution in [3.05, 3.63) is 0 Å². The van der Waals surface area contributed by atoms with Gasteiger partial charge in [-0.05, 0) is 0 Å². The van der Waals surface area contributed by atoms with Gasteiger partial charge < -0.3 is 20.8 Å². The second-order valence-corrected chi connectivity index (χ2v) is 4.90. The number of aliphatic hydroxyl groups excluding tert-OH is 1. The SMILES string of the molecule is CC(C)(C)C(=O)NCC(=O)N[C@@H](CCO)C(=O)O. The second kappa shape index (κ2) is 6.95. The second-order valence-electron chi connectivity index (χ2n) is 4.90. The third-order valence-electron chi connectivity index (χ3n) is 2.14. The number of hydrogen-bond acceptors (Lipinski definition) is 4. The topological polar surface area (TPSA) is 116 Å². The number of carboxylic acids is 1. The third-order valence-corrected chi connectivity index (χ3v) is 2.14. The Bertz CT molecular complexity index is 322. The Morgan fingerprint density at radius 1 is 1.22 bits per heavy atom. The van der Waals surface area contributed by atoms with Crippen molar-refractivity contribution in [2.75, 3.05) is 13.2 Å². The van der Waals surface area contributed by atoms with Gasteiger partial charge >= 0.3 is 5.97 Å². The molecule has 0 rings (SSSR count). The largest absolute Gasteiger partial charge is 0.480 e. The molecule has 0 saturated heterocycles. The molecule has 0 radical (unpaired) electrons. The van der Waals surface area contributed by atoms with Crippen LogP contribution in [0.5, 0.6) is 0 Å². The predicted octanol–water partition coefficient (Wildman–Crippen LogP) is -0.899. The van der Waals surface area contributed by atoms with Gasteiger partial charge in [0.05, 0.1) is 6.54 Å². The summed E-state index contributed by atoms with van der Waals surface area (Å²) in [5.74, 6) is -2.13. The Morgan fingerprint density at radius 3 is 2.17 bits per heavy atom. The summed E-state index contributed by atoms with van der Waals surface area (Å²) in [5.41, 5.74) is -0.614. The number of nitrogens with one attached hydrogen (secondary N) is 2. The molecule has 7 nitrogen and oxygen atoms in total. The number of rotatable bonds is 6. The summed E-state index contributed by atoms with van der Waals surface area (Å²) in [4.78, 5) is 33.6. The molecule has 4 N–H and O–H groups in total. The highest BCUT2D eigenvalue weighted by atomic mass is 16.4. The molecule has 0 aliphatic rings. The molecular weight excluding hydrogens is 240 g/mol. The predicted molar refractivity (Wildman–Crippen MR) is 63.7 cm³/mol.